The number of amides is 1. The molecule has 6 heteroatoms. The highest BCUT2D eigenvalue weighted by molar-refractivity contribution is 6.04. The van der Waals surface area contributed by atoms with Crippen molar-refractivity contribution in [1.82, 2.24) is 5.32 Å². The van der Waals surface area contributed by atoms with Crippen LogP contribution in [-0.4, -0.2) is 39.4 Å². The molecule has 27 heavy (non-hydrogen) atoms. The fraction of sp³-hybridized carbons (Fsp3) is 0.476. The molecule has 0 bridgehead atoms. The average molecular weight is 373 g/mol. The first-order chi connectivity index (χ1) is 12.8. The molecule has 1 fully saturated rings. The van der Waals surface area contributed by atoms with Crippen molar-refractivity contribution in [2.24, 2.45) is 5.92 Å². The number of Topliss-reactive ketones (excluding diaryl/α,β-unsaturated/α-hetero) is 2. The highest BCUT2D eigenvalue weighted by atomic mass is 16.3. The molecule has 0 aliphatic heterocycles. The molecular weight excluding hydrogens is 346 g/mol. The molecule has 0 aromatic rings. The molecule has 1 amide bonds. The second-order valence-corrected chi connectivity index (χ2v) is 7.10. The smallest absolute Gasteiger partial charge is 0.248 e. The minimum atomic E-state index is -2.16. The van der Waals surface area contributed by atoms with Gasteiger partial charge in [-0.15, -0.1) is 0 Å². The van der Waals surface area contributed by atoms with E-state index >= 15 is 0 Å². The minimum Gasteiger partial charge on any atom is -0.389 e. The summed E-state index contributed by atoms with van der Waals surface area (Å²) >= 11 is 0. The van der Waals surface area contributed by atoms with Crippen molar-refractivity contribution in [3.8, 4) is 0 Å². The maximum absolute atomic E-state index is 11.9. The number of allylic oxidation sites excluding steroid dienone is 6. The van der Waals surface area contributed by atoms with E-state index in [9.17, 15) is 24.6 Å². The van der Waals surface area contributed by atoms with E-state index in [1.807, 2.05) is 12.2 Å². The molecule has 2 rings (SSSR count). The third-order valence-electron chi connectivity index (χ3n) is 4.99. The van der Waals surface area contributed by atoms with E-state index < -0.39 is 35.6 Å². The summed E-state index contributed by atoms with van der Waals surface area (Å²) in [5, 5.41) is 22.3. The van der Waals surface area contributed by atoms with Crippen LogP contribution < -0.4 is 5.32 Å². The monoisotopic (exact) mass is 373 g/mol. The summed E-state index contributed by atoms with van der Waals surface area (Å²) in [6.07, 6.45) is 15.8. The average Bonchev–Trinajstić information content (AvgIpc) is 2.63. The number of aliphatic hydroxyl groups is 2. The quantitative estimate of drug-likeness (QED) is 0.487. The SMILES string of the molecule is CC(=O)C1(O)C=C(NC(=O)C=CC=CC=CC2CCCCC2)C(=O)CC1O. The predicted octanol–water partition coefficient (Wildman–Crippen LogP) is 1.89. The molecule has 0 heterocycles. The summed E-state index contributed by atoms with van der Waals surface area (Å²) < 4.78 is 0. The predicted molar refractivity (Wildman–Crippen MR) is 101 cm³/mol. The van der Waals surface area contributed by atoms with Gasteiger partial charge in [-0.2, -0.15) is 0 Å². The number of ketones is 2. The van der Waals surface area contributed by atoms with Gasteiger partial charge in [-0.3, -0.25) is 14.4 Å². The van der Waals surface area contributed by atoms with Crippen LogP contribution in [0.25, 0.3) is 0 Å². The van der Waals surface area contributed by atoms with E-state index in [0.717, 1.165) is 13.0 Å². The van der Waals surface area contributed by atoms with Gasteiger partial charge in [-0.05, 0) is 31.8 Å². The standard InChI is InChI=1S/C21H27NO5/c1-15(23)21(27)14-17(18(24)13-19(21)25)22-20(26)12-8-3-2-5-9-16-10-6-4-7-11-16/h2-3,5,8-9,12,14,16,19,25,27H,4,6-7,10-11,13H2,1H3,(H,22,26). The van der Waals surface area contributed by atoms with Crippen molar-refractivity contribution in [3.63, 3.8) is 0 Å². The topological polar surface area (TPSA) is 104 Å². The van der Waals surface area contributed by atoms with Crippen molar-refractivity contribution < 1.29 is 24.6 Å². The van der Waals surface area contributed by atoms with Gasteiger partial charge in [-0.1, -0.05) is 49.6 Å². The van der Waals surface area contributed by atoms with Gasteiger partial charge in [0.25, 0.3) is 0 Å². The highest BCUT2D eigenvalue weighted by Crippen LogP contribution is 2.25. The Labute approximate surface area is 159 Å². The molecule has 6 nitrogen and oxygen atoms in total. The van der Waals surface area contributed by atoms with E-state index in [1.165, 1.54) is 38.2 Å². The van der Waals surface area contributed by atoms with Crippen molar-refractivity contribution >= 4 is 17.5 Å². The molecule has 2 atom stereocenters. The molecule has 146 valence electrons. The first kappa shape index (κ1) is 21.0. The Hall–Kier alpha value is -2.31. The highest BCUT2D eigenvalue weighted by Gasteiger charge is 2.44. The molecule has 2 aliphatic carbocycles. The van der Waals surface area contributed by atoms with Crippen molar-refractivity contribution in [2.75, 3.05) is 0 Å². The van der Waals surface area contributed by atoms with Crippen LogP contribution in [0, 0.1) is 5.92 Å². The number of carbonyl (C=O) groups excluding carboxylic acids is 3. The Bertz CT molecular complexity index is 697. The first-order valence-electron chi connectivity index (χ1n) is 9.33. The lowest BCUT2D eigenvalue weighted by Crippen LogP contribution is -2.52. The van der Waals surface area contributed by atoms with Gasteiger partial charge >= 0.3 is 0 Å². The van der Waals surface area contributed by atoms with Crippen LogP contribution in [0.4, 0.5) is 0 Å². The zero-order chi connectivity index (χ0) is 19.9. The fourth-order valence-corrected chi connectivity index (χ4v) is 3.27. The minimum absolute atomic E-state index is 0.186. The number of hydrogen-bond acceptors (Lipinski definition) is 5. The third-order valence-corrected chi connectivity index (χ3v) is 4.99. The van der Waals surface area contributed by atoms with E-state index in [1.54, 1.807) is 12.2 Å². The summed E-state index contributed by atoms with van der Waals surface area (Å²) in [7, 11) is 0. The van der Waals surface area contributed by atoms with Crippen molar-refractivity contribution in [2.45, 2.75) is 57.2 Å². The summed E-state index contributed by atoms with van der Waals surface area (Å²) in [4.78, 5) is 35.4. The van der Waals surface area contributed by atoms with E-state index in [2.05, 4.69) is 11.4 Å². The normalized spacial score (nSPS) is 27.4. The largest absolute Gasteiger partial charge is 0.389 e. The summed E-state index contributed by atoms with van der Waals surface area (Å²) in [6.45, 7) is 1.11. The van der Waals surface area contributed by atoms with Gasteiger partial charge in [0.2, 0.25) is 5.91 Å². The maximum atomic E-state index is 11.9. The van der Waals surface area contributed by atoms with Gasteiger partial charge in [0, 0.05) is 12.5 Å². The molecular formula is C21H27NO5. The summed E-state index contributed by atoms with van der Waals surface area (Å²) in [6, 6.07) is 0. The second-order valence-electron chi connectivity index (χ2n) is 7.10. The Morgan fingerprint density at radius 1 is 1.15 bits per heavy atom. The van der Waals surface area contributed by atoms with E-state index in [4.69, 9.17) is 0 Å². The number of aliphatic hydroxyl groups excluding tert-OH is 1. The van der Waals surface area contributed by atoms with Gasteiger partial charge in [-0.25, -0.2) is 0 Å². The zero-order valence-corrected chi connectivity index (χ0v) is 15.6. The molecule has 3 N–H and O–H groups in total. The molecule has 0 radical (unpaired) electrons. The van der Waals surface area contributed by atoms with Crippen LogP contribution >= 0.6 is 0 Å². The molecule has 1 saturated carbocycles. The Morgan fingerprint density at radius 3 is 2.48 bits per heavy atom. The van der Waals surface area contributed by atoms with Gasteiger partial charge < -0.3 is 15.5 Å². The van der Waals surface area contributed by atoms with E-state index in [-0.39, 0.29) is 5.70 Å². The van der Waals surface area contributed by atoms with Gasteiger partial charge in [0.1, 0.15) is 6.10 Å². The van der Waals surface area contributed by atoms with E-state index in [0.29, 0.717) is 5.92 Å². The maximum Gasteiger partial charge on any atom is 0.248 e. The van der Waals surface area contributed by atoms with Crippen LogP contribution in [0.1, 0.15) is 45.4 Å². The molecule has 2 unspecified atom stereocenters. The lowest BCUT2D eigenvalue weighted by atomic mass is 9.83. The van der Waals surface area contributed by atoms with Crippen LogP contribution in [-0.2, 0) is 14.4 Å². The summed E-state index contributed by atoms with van der Waals surface area (Å²) in [5.41, 5.74) is -2.35. The second kappa shape index (κ2) is 9.58. The number of nitrogens with one attached hydrogen (secondary N) is 1. The molecule has 0 aromatic heterocycles. The Kier molecular flexibility index (Phi) is 7.45. The number of carbonyl (C=O) groups is 3. The van der Waals surface area contributed by atoms with Gasteiger partial charge in [0.15, 0.2) is 17.2 Å². The summed E-state index contributed by atoms with van der Waals surface area (Å²) in [5.74, 6) is -1.16. The fourth-order valence-electron chi connectivity index (χ4n) is 3.27. The third kappa shape index (κ3) is 5.84. The van der Waals surface area contributed by atoms with Crippen LogP contribution in [0.2, 0.25) is 0 Å². The van der Waals surface area contributed by atoms with Gasteiger partial charge in [0.05, 0.1) is 5.70 Å². The lowest BCUT2D eigenvalue weighted by Gasteiger charge is -2.31. The number of rotatable bonds is 6. The number of hydrogen-bond donors (Lipinski definition) is 3. The van der Waals surface area contributed by atoms with Crippen LogP contribution in [0.15, 0.2) is 48.2 Å². The van der Waals surface area contributed by atoms with Crippen molar-refractivity contribution in [1.29, 1.82) is 0 Å². The van der Waals surface area contributed by atoms with Crippen molar-refractivity contribution in [3.05, 3.63) is 48.2 Å². The first-order valence-corrected chi connectivity index (χ1v) is 9.33. The Morgan fingerprint density at radius 2 is 1.81 bits per heavy atom. The molecule has 0 aromatic carbocycles. The molecule has 0 saturated heterocycles. The lowest BCUT2D eigenvalue weighted by molar-refractivity contribution is -0.144. The van der Waals surface area contributed by atoms with Crippen LogP contribution in [0.5, 0.6) is 0 Å². The van der Waals surface area contributed by atoms with Crippen LogP contribution in [0.3, 0.4) is 0 Å². The molecule has 2 aliphatic rings. The zero-order valence-electron chi connectivity index (χ0n) is 15.6. The molecule has 0 spiro atoms. The Balaban J connectivity index is 1.89.